The van der Waals surface area contributed by atoms with Gasteiger partial charge in [0.2, 0.25) is 15.7 Å². The smallest absolute Gasteiger partial charge is 0.408 e. The summed E-state index contributed by atoms with van der Waals surface area (Å²) in [7, 11) is -3.91. The quantitative estimate of drug-likeness (QED) is 0.678. The van der Waals surface area contributed by atoms with Crippen molar-refractivity contribution < 1.29 is 22.4 Å². The molecular formula is C19H26ClN3O5S. The van der Waals surface area contributed by atoms with Gasteiger partial charge in [-0.1, -0.05) is 55.2 Å². The van der Waals surface area contributed by atoms with Gasteiger partial charge in [-0.25, -0.2) is 13.2 Å². The van der Waals surface area contributed by atoms with E-state index in [9.17, 15) is 13.2 Å². The van der Waals surface area contributed by atoms with Gasteiger partial charge in [0.15, 0.2) is 0 Å². The Labute approximate surface area is 175 Å². The molecule has 10 heteroatoms. The molecule has 0 aliphatic heterocycles. The number of halogens is 1. The largest absolute Gasteiger partial charge is 0.444 e. The first-order valence-corrected chi connectivity index (χ1v) is 11.2. The normalized spacial score (nSPS) is 14.3. The minimum absolute atomic E-state index is 0.00272. The van der Waals surface area contributed by atoms with Crippen molar-refractivity contribution in [1.29, 1.82) is 0 Å². The number of rotatable bonds is 7. The van der Waals surface area contributed by atoms with E-state index in [4.69, 9.17) is 20.8 Å². The van der Waals surface area contributed by atoms with Crippen LogP contribution in [0.4, 0.5) is 4.79 Å². The molecule has 0 spiro atoms. The molecule has 1 amide bonds. The fourth-order valence-electron chi connectivity index (χ4n) is 2.47. The van der Waals surface area contributed by atoms with E-state index >= 15 is 0 Å². The molecule has 2 rings (SSSR count). The molecule has 1 N–H and O–H groups in total. The Morgan fingerprint density at radius 1 is 1.28 bits per heavy atom. The zero-order valence-electron chi connectivity index (χ0n) is 17.1. The van der Waals surface area contributed by atoms with Crippen LogP contribution in [0.1, 0.15) is 58.5 Å². The number of benzene rings is 1. The van der Waals surface area contributed by atoms with Crippen molar-refractivity contribution in [3.05, 3.63) is 40.7 Å². The minimum Gasteiger partial charge on any atom is -0.444 e. The average molecular weight is 444 g/mol. The third kappa shape index (κ3) is 6.43. The Hall–Kier alpha value is -2.13. The van der Waals surface area contributed by atoms with Gasteiger partial charge in [0.1, 0.15) is 11.6 Å². The highest BCUT2D eigenvalue weighted by atomic mass is 35.5. The number of carbonyl (C=O) groups excluding carboxylic acids is 1. The number of aromatic nitrogens is 2. The number of nitrogens with one attached hydrogen (secondary N) is 1. The summed E-state index contributed by atoms with van der Waals surface area (Å²) in [5.74, 6) is -0.466. The van der Waals surface area contributed by atoms with E-state index < -0.39 is 32.8 Å². The Balaban J connectivity index is 2.25. The number of hydrogen-bond donors (Lipinski definition) is 1. The molecule has 0 fully saturated rings. The summed E-state index contributed by atoms with van der Waals surface area (Å²) in [6.07, 6.45) is 0.0337. The summed E-state index contributed by atoms with van der Waals surface area (Å²) < 4.78 is 36.1. The maximum Gasteiger partial charge on any atom is 0.408 e. The summed E-state index contributed by atoms with van der Waals surface area (Å²) in [6, 6.07) is 5.94. The maximum absolute atomic E-state index is 12.7. The van der Waals surface area contributed by atoms with Gasteiger partial charge in [-0.15, -0.1) is 5.10 Å². The molecule has 0 saturated carbocycles. The second-order valence-electron chi connectivity index (χ2n) is 7.77. The van der Waals surface area contributed by atoms with Crippen LogP contribution >= 0.6 is 11.6 Å². The van der Waals surface area contributed by atoms with Crippen LogP contribution in [0.15, 0.2) is 33.9 Å². The van der Waals surface area contributed by atoms with Crippen molar-refractivity contribution in [3.8, 4) is 0 Å². The van der Waals surface area contributed by atoms with Crippen LogP contribution in [0.2, 0.25) is 5.02 Å². The summed E-state index contributed by atoms with van der Waals surface area (Å²) >= 11 is 6.05. The molecule has 8 nitrogen and oxygen atoms in total. The number of ether oxygens (including phenoxy) is 1. The molecule has 0 aliphatic carbocycles. The second-order valence-corrected chi connectivity index (χ2v) is 10.0. The molecule has 0 bridgehead atoms. The highest BCUT2D eigenvalue weighted by Crippen LogP contribution is 2.27. The third-order valence-corrected chi connectivity index (χ3v) is 5.90. The number of alkyl carbamates (subject to hydrolysis) is 1. The Morgan fingerprint density at radius 2 is 1.93 bits per heavy atom. The lowest BCUT2D eigenvalue weighted by Gasteiger charge is -2.24. The van der Waals surface area contributed by atoms with E-state index in [2.05, 4.69) is 15.5 Å². The standard InChI is InChI=1S/C19H26ClN3O5S/c1-6-12(2)15(21-17(24)28-19(3,4)5)16-22-23-18(27-16)29(25,26)11-13-9-7-8-10-14(13)20/h7-10,12,15H,6,11H2,1-5H3,(H,21,24)/t12?,15-/m1/s1. The monoisotopic (exact) mass is 443 g/mol. The zero-order chi connectivity index (χ0) is 21.8. The first-order chi connectivity index (χ1) is 13.4. The molecule has 2 atom stereocenters. The Morgan fingerprint density at radius 3 is 2.52 bits per heavy atom. The van der Waals surface area contributed by atoms with Crippen molar-refractivity contribution in [1.82, 2.24) is 15.5 Å². The van der Waals surface area contributed by atoms with Gasteiger partial charge in [0.05, 0.1) is 5.75 Å². The zero-order valence-corrected chi connectivity index (χ0v) is 18.7. The van der Waals surface area contributed by atoms with Crippen LogP contribution in [0, 0.1) is 5.92 Å². The van der Waals surface area contributed by atoms with Gasteiger partial charge in [-0.3, -0.25) is 0 Å². The fourth-order valence-corrected chi connectivity index (χ4v) is 3.92. The summed E-state index contributed by atoms with van der Waals surface area (Å²) in [5, 5.41) is 10.1. The van der Waals surface area contributed by atoms with Crippen molar-refractivity contribution in [2.24, 2.45) is 5.92 Å². The van der Waals surface area contributed by atoms with Crippen LogP contribution in [-0.2, 0) is 20.3 Å². The summed E-state index contributed by atoms with van der Waals surface area (Å²) in [5.41, 5.74) is -0.248. The molecule has 2 aromatic rings. The molecule has 0 saturated heterocycles. The van der Waals surface area contributed by atoms with Crippen LogP contribution in [0.25, 0.3) is 0 Å². The van der Waals surface area contributed by atoms with Crippen LogP contribution in [0.3, 0.4) is 0 Å². The second kappa shape index (κ2) is 9.13. The molecule has 1 heterocycles. The first-order valence-electron chi connectivity index (χ1n) is 9.22. The third-order valence-electron chi connectivity index (χ3n) is 4.14. The molecule has 1 aromatic carbocycles. The first kappa shape index (κ1) is 23.2. The molecule has 1 unspecified atom stereocenters. The SMILES string of the molecule is CCC(C)[C@@H](NC(=O)OC(C)(C)C)c1nnc(S(=O)(=O)Cc2ccccc2Cl)o1. The minimum atomic E-state index is -3.91. The fraction of sp³-hybridized carbons (Fsp3) is 0.526. The number of sulfone groups is 1. The van der Waals surface area contributed by atoms with Crippen LogP contribution in [0.5, 0.6) is 0 Å². The van der Waals surface area contributed by atoms with Gasteiger partial charge in [-0.2, -0.15) is 0 Å². The van der Waals surface area contributed by atoms with Gasteiger partial charge in [0, 0.05) is 5.02 Å². The molecule has 160 valence electrons. The van der Waals surface area contributed by atoms with Crippen LogP contribution < -0.4 is 5.32 Å². The number of nitrogens with zero attached hydrogens (tertiary/aromatic N) is 2. The van der Waals surface area contributed by atoms with Gasteiger partial charge >= 0.3 is 11.3 Å². The Bertz CT molecular complexity index is 953. The van der Waals surface area contributed by atoms with E-state index in [1.165, 1.54) is 0 Å². The predicted molar refractivity (Wildman–Crippen MR) is 108 cm³/mol. The molecule has 1 aromatic heterocycles. The lowest BCUT2D eigenvalue weighted by molar-refractivity contribution is 0.0473. The topological polar surface area (TPSA) is 111 Å². The predicted octanol–water partition coefficient (Wildman–Crippen LogP) is 4.31. The van der Waals surface area contributed by atoms with Crippen molar-refractivity contribution in [3.63, 3.8) is 0 Å². The molecule has 29 heavy (non-hydrogen) atoms. The number of carbonyl (C=O) groups is 1. The lowest BCUT2D eigenvalue weighted by Crippen LogP contribution is -2.37. The highest BCUT2D eigenvalue weighted by molar-refractivity contribution is 7.90. The van der Waals surface area contributed by atoms with E-state index in [0.717, 1.165) is 0 Å². The molecule has 0 aliphatic rings. The van der Waals surface area contributed by atoms with Crippen LogP contribution in [-0.4, -0.2) is 30.3 Å². The van der Waals surface area contributed by atoms with E-state index in [1.54, 1.807) is 45.0 Å². The molecular weight excluding hydrogens is 418 g/mol. The van der Waals surface area contributed by atoms with Crippen molar-refractivity contribution in [2.45, 2.75) is 63.7 Å². The number of amides is 1. The van der Waals surface area contributed by atoms with E-state index in [-0.39, 0.29) is 17.6 Å². The summed E-state index contributed by atoms with van der Waals surface area (Å²) in [4.78, 5) is 12.2. The number of hydrogen-bond acceptors (Lipinski definition) is 7. The van der Waals surface area contributed by atoms with Crippen molar-refractivity contribution >= 4 is 27.5 Å². The van der Waals surface area contributed by atoms with E-state index in [0.29, 0.717) is 17.0 Å². The maximum atomic E-state index is 12.7. The van der Waals surface area contributed by atoms with E-state index in [1.807, 2.05) is 13.8 Å². The molecule has 0 radical (unpaired) electrons. The average Bonchev–Trinajstić information content (AvgIpc) is 3.10. The highest BCUT2D eigenvalue weighted by Gasteiger charge is 2.31. The van der Waals surface area contributed by atoms with Crippen molar-refractivity contribution in [2.75, 3.05) is 0 Å². The Kier molecular flexibility index (Phi) is 7.29. The van der Waals surface area contributed by atoms with Gasteiger partial charge < -0.3 is 14.5 Å². The van der Waals surface area contributed by atoms with Gasteiger partial charge in [-0.05, 0) is 38.3 Å². The van der Waals surface area contributed by atoms with Gasteiger partial charge in [0.25, 0.3) is 0 Å². The lowest BCUT2D eigenvalue weighted by atomic mass is 9.99. The summed E-state index contributed by atoms with van der Waals surface area (Å²) in [6.45, 7) is 9.05.